The largest absolute Gasteiger partial charge is 0.375 e. The maximum Gasteiger partial charge on any atom is 0.222 e. The maximum absolute atomic E-state index is 12.4. The Morgan fingerprint density at radius 1 is 1.22 bits per heavy atom. The highest BCUT2D eigenvalue weighted by Gasteiger charge is 2.22. The third kappa shape index (κ3) is 4.91. The molecule has 2 heterocycles. The number of nitrogens with zero attached hydrogens (tertiary/aromatic N) is 3. The number of thiazole rings is 1. The molecule has 0 radical (unpaired) electrons. The van der Waals surface area contributed by atoms with E-state index >= 15 is 0 Å². The molecule has 23 heavy (non-hydrogen) atoms. The number of amides is 1. The standard InChI is InChI=1S/C17H28N4OS/c18-17-19-12-15(23-17)13-20-8-10-21(11-9-20)16(22)7-6-14-4-2-1-3-5-14/h12,14H,1-11,13H2,(H2,18,19). The van der Waals surface area contributed by atoms with Crippen LogP contribution in [0.5, 0.6) is 0 Å². The van der Waals surface area contributed by atoms with Crippen molar-refractivity contribution in [1.29, 1.82) is 0 Å². The average molecular weight is 337 g/mol. The molecular formula is C17H28N4OS. The smallest absolute Gasteiger partial charge is 0.222 e. The first-order valence-electron chi connectivity index (χ1n) is 8.91. The number of rotatable bonds is 5. The Labute approximate surface area is 142 Å². The molecule has 2 aliphatic rings. The molecular weight excluding hydrogens is 308 g/mol. The van der Waals surface area contributed by atoms with E-state index in [4.69, 9.17) is 5.73 Å². The predicted octanol–water partition coefficient (Wildman–Crippen LogP) is 2.73. The summed E-state index contributed by atoms with van der Waals surface area (Å²) in [4.78, 5) is 22.1. The molecule has 1 saturated carbocycles. The van der Waals surface area contributed by atoms with Crippen LogP contribution in [0.3, 0.4) is 0 Å². The fourth-order valence-corrected chi connectivity index (χ4v) is 4.46. The highest BCUT2D eigenvalue weighted by molar-refractivity contribution is 7.15. The zero-order valence-electron chi connectivity index (χ0n) is 13.9. The summed E-state index contributed by atoms with van der Waals surface area (Å²) in [7, 11) is 0. The van der Waals surface area contributed by atoms with Crippen molar-refractivity contribution in [2.75, 3.05) is 31.9 Å². The summed E-state index contributed by atoms with van der Waals surface area (Å²) in [6.07, 6.45) is 10.5. The Kier molecular flexibility index (Phi) is 5.89. The molecule has 1 saturated heterocycles. The second kappa shape index (κ2) is 8.11. The van der Waals surface area contributed by atoms with Gasteiger partial charge in [-0.3, -0.25) is 9.69 Å². The zero-order valence-corrected chi connectivity index (χ0v) is 14.7. The molecule has 1 aliphatic heterocycles. The van der Waals surface area contributed by atoms with Crippen LogP contribution in [0.15, 0.2) is 6.20 Å². The normalized spacial score (nSPS) is 20.8. The van der Waals surface area contributed by atoms with Crippen LogP contribution in [0.1, 0.15) is 49.8 Å². The van der Waals surface area contributed by atoms with Crippen LogP contribution in [0.4, 0.5) is 5.13 Å². The van der Waals surface area contributed by atoms with Crippen LogP contribution in [0.25, 0.3) is 0 Å². The number of piperazine rings is 1. The monoisotopic (exact) mass is 336 g/mol. The van der Waals surface area contributed by atoms with E-state index in [2.05, 4.69) is 14.8 Å². The Bertz CT molecular complexity index is 504. The van der Waals surface area contributed by atoms with Crippen molar-refractivity contribution >= 4 is 22.4 Å². The van der Waals surface area contributed by atoms with Crippen LogP contribution in [-0.2, 0) is 11.3 Å². The molecule has 128 valence electrons. The second-order valence-corrected chi connectivity index (χ2v) is 8.01. The molecule has 0 atom stereocenters. The van der Waals surface area contributed by atoms with Gasteiger partial charge in [0.1, 0.15) is 0 Å². The number of aromatic nitrogens is 1. The lowest BCUT2D eigenvalue weighted by Crippen LogP contribution is -2.48. The quantitative estimate of drug-likeness (QED) is 0.898. The molecule has 0 unspecified atom stereocenters. The van der Waals surface area contributed by atoms with Gasteiger partial charge < -0.3 is 10.6 Å². The Balaban J connectivity index is 1.37. The number of anilines is 1. The van der Waals surface area contributed by atoms with E-state index in [1.807, 2.05) is 6.20 Å². The third-order valence-electron chi connectivity index (χ3n) is 5.17. The van der Waals surface area contributed by atoms with Gasteiger partial charge in [0.2, 0.25) is 5.91 Å². The van der Waals surface area contributed by atoms with Crippen molar-refractivity contribution in [3.8, 4) is 0 Å². The molecule has 0 bridgehead atoms. The van der Waals surface area contributed by atoms with Crippen molar-refractivity contribution in [2.24, 2.45) is 5.92 Å². The van der Waals surface area contributed by atoms with E-state index < -0.39 is 0 Å². The fourth-order valence-electron chi connectivity index (χ4n) is 3.73. The van der Waals surface area contributed by atoms with Crippen LogP contribution in [-0.4, -0.2) is 46.9 Å². The van der Waals surface area contributed by atoms with Gasteiger partial charge in [-0.1, -0.05) is 32.1 Å². The van der Waals surface area contributed by atoms with E-state index in [9.17, 15) is 4.79 Å². The highest BCUT2D eigenvalue weighted by atomic mass is 32.1. The molecule has 1 aromatic heterocycles. The topological polar surface area (TPSA) is 62.5 Å². The van der Waals surface area contributed by atoms with Crippen molar-refractivity contribution in [1.82, 2.24) is 14.8 Å². The zero-order chi connectivity index (χ0) is 16.1. The van der Waals surface area contributed by atoms with Gasteiger partial charge in [0, 0.05) is 50.2 Å². The van der Waals surface area contributed by atoms with Crippen LogP contribution >= 0.6 is 11.3 Å². The first kappa shape index (κ1) is 16.7. The molecule has 2 fully saturated rings. The van der Waals surface area contributed by atoms with Gasteiger partial charge >= 0.3 is 0 Å². The van der Waals surface area contributed by atoms with E-state index in [0.29, 0.717) is 11.0 Å². The number of nitrogen functional groups attached to an aromatic ring is 1. The van der Waals surface area contributed by atoms with Crippen molar-refractivity contribution in [3.05, 3.63) is 11.1 Å². The number of nitrogens with two attached hydrogens (primary N) is 1. The number of hydrogen-bond acceptors (Lipinski definition) is 5. The number of carbonyl (C=O) groups excluding carboxylic acids is 1. The lowest BCUT2D eigenvalue weighted by atomic mass is 9.86. The predicted molar refractivity (Wildman–Crippen MR) is 94.2 cm³/mol. The number of hydrogen-bond donors (Lipinski definition) is 1. The summed E-state index contributed by atoms with van der Waals surface area (Å²) in [5.74, 6) is 1.16. The van der Waals surface area contributed by atoms with Crippen molar-refractivity contribution in [3.63, 3.8) is 0 Å². The molecule has 2 N–H and O–H groups in total. The van der Waals surface area contributed by atoms with Gasteiger partial charge in [-0.2, -0.15) is 0 Å². The molecule has 1 aromatic rings. The Morgan fingerprint density at radius 2 is 1.96 bits per heavy atom. The van der Waals surface area contributed by atoms with Crippen LogP contribution in [0, 0.1) is 5.92 Å². The van der Waals surface area contributed by atoms with E-state index in [0.717, 1.165) is 51.5 Å². The average Bonchev–Trinajstić information content (AvgIpc) is 2.99. The highest BCUT2D eigenvalue weighted by Crippen LogP contribution is 2.27. The molecule has 1 aliphatic carbocycles. The van der Waals surface area contributed by atoms with Gasteiger partial charge in [0.25, 0.3) is 0 Å². The van der Waals surface area contributed by atoms with Gasteiger partial charge in [-0.25, -0.2) is 4.98 Å². The van der Waals surface area contributed by atoms with Crippen molar-refractivity contribution in [2.45, 2.75) is 51.5 Å². The first-order valence-corrected chi connectivity index (χ1v) is 9.72. The molecule has 5 nitrogen and oxygen atoms in total. The lowest BCUT2D eigenvalue weighted by Gasteiger charge is -2.34. The molecule has 6 heteroatoms. The lowest BCUT2D eigenvalue weighted by molar-refractivity contribution is -0.133. The summed E-state index contributed by atoms with van der Waals surface area (Å²) in [6, 6.07) is 0. The molecule has 1 amide bonds. The minimum Gasteiger partial charge on any atom is -0.375 e. The van der Waals surface area contributed by atoms with E-state index in [1.165, 1.54) is 37.0 Å². The Hall–Kier alpha value is -1.14. The summed E-state index contributed by atoms with van der Waals surface area (Å²) in [5.41, 5.74) is 5.68. The summed E-state index contributed by atoms with van der Waals surface area (Å²) in [5, 5.41) is 0.636. The molecule has 0 aromatic carbocycles. The minimum atomic E-state index is 0.359. The summed E-state index contributed by atoms with van der Waals surface area (Å²) >= 11 is 1.56. The van der Waals surface area contributed by atoms with E-state index in [1.54, 1.807) is 11.3 Å². The third-order valence-corrected chi connectivity index (χ3v) is 5.98. The summed E-state index contributed by atoms with van der Waals surface area (Å²) < 4.78 is 0. The van der Waals surface area contributed by atoms with Gasteiger partial charge in [0.05, 0.1) is 0 Å². The first-order chi connectivity index (χ1) is 11.2. The van der Waals surface area contributed by atoms with Gasteiger partial charge in [-0.15, -0.1) is 11.3 Å². The fraction of sp³-hybridized carbons (Fsp3) is 0.765. The minimum absolute atomic E-state index is 0.359. The molecule has 0 spiro atoms. The molecule has 3 rings (SSSR count). The van der Waals surface area contributed by atoms with E-state index in [-0.39, 0.29) is 0 Å². The Morgan fingerprint density at radius 3 is 2.61 bits per heavy atom. The number of carbonyl (C=O) groups is 1. The van der Waals surface area contributed by atoms with Crippen molar-refractivity contribution < 1.29 is 4.79 Å². The van der Waals surface area contributed by atoms with Crippen LogP contribution < -0.4 is 5.73 Å². The van der Waals surface area contributed by atoms with Crippen LogP contribution in [0.2, 0.25) is 0 Å². The van der Waals surface area contributed by atoms with Gasteiger partial charge in [-0.05, 0) is 12.3 Å². The SMILES string of the molecule is Nc1ncc(CN2CCN(C(=O)CCC3CCCCC3)CC2)s1. The van der Waals surface area contributed by atoms with Gasteiger partial charge in [0.15, 0.2) is 5.13 Å². The second-order valence-electron chi connectivity index (χ2n) is 6.86. The maximum atomic E-state index is 12.4. The summed E-state index contributed by atoms with van der Waals surface area (Å²) in [6.45, 7) is 4.52.